The number of aromatic amines is 1. The van der Waals surface area contributed by atoms with Gasteiger partial charge in [0.15, 0.2) is 0 Å². The fraction of sp³-hybridized carbons (Fsp3) is 0.320. The van der Waals surface area contributed by atoms with Crippen molar-refractivity contribution in [1.29, 1.82) is 0 Å². The SMILES string of the molecule is CC(=O)N[C@@H](Cc1c[nH]c2ccccc12)C(=O)N[C@@H](C)c1ccc(NC(=O)C2CC2)cc1. The van der Waals surface area contributed by atoms with Crippen molar-refractivity contribution >= 4 is 34.3 Å². The van der Waals surface area contributed by atoms with Crippen molar-refractivity contribution in [1.82, 2.24) is 15.6 Å². The third-order valence-corrected chi connectivity index (χ3v) is 5.78. The Labute approximate surface area is 187 Å². The number of rotatable bonds is 8. The molecule has 3 amide bonds. The van der Waals surface area contributed by atoms with Crippen LogP contribution in [-0.2, 0) is 20.8 Å². The molecule has 166 valence electrons. The molecule has 1 heterocycles. The summed E-state index contributed by atoms with van der Waals surface area (Å²) in [6.07, 6.45) is 4.18. The second-order valence-corrected chi connectivity index (χ2v) is 8.43. The molecule has 0 saturated heterocycles. The lowest BCUT2D eigenvalue weighted by molar-refractivity contribution is -0.128. The third kappa shape index (κ3) is 5.17. The van der Waals surface area contributed by atoms with E-state index < -0.39 is 6.04 Å². The van der Waals surface area contributed by atoms with Crippen LogP contribution in [0.25, 0.3) is 10.9 Å². The molecule has 0 aliphatic heterocycles. The van der Waals surface area contributed by atoms with Crippen molar-refractivity contribution in [3.63, 3.8) is 0 Å². The number of hydrogen-bond acceptors (Lipinski definition) is 3. The van der Waals surface area contributed by atoms with E-state index in [-0.39, 0.29) is 29.7 Å². The summed E-state index contributed by atoms with van der Waals surface area (Å²) in [5.74, 6) is -0.289. The van der Waals surface area contributed by atoms with Crippen LogP contribution in [0.2, 0.25) is 0 Å². The third-order valence-electron chi connectivity index (χ3n) is 5.78. The van der Waals surface area contributed by atoms with Crippen molar-refractivity contribution in [2.24, 2.45) is 5.92 Å². The van der Waals surface area contributed by atoms with E-state index in [2.05, 4.69) is 20.9 Å². The van der Waals surface area contributed by atoms with Gasteiger partial charge in [-0.3, -0.25) is 14.4 Å². The number of benzene rings is 2. The second-order valence-electron chi connectivity index (χ2n) is 8.43. The molecule has 7 heteroatoms. The summed E-state index contributed by atoms with van der Waals surface area (Å²) < 4.78 is 0. The highest BCUT2D eigenvalue weighted by Gasteiger charge is 2.29. The summed E-state index contributed by atoms with van der Waals surface area (Å²) in [7, 11) is 0. The summed E-state index contributed by atoms with van der Waals surface area (Å²) in [6.45, 7) is 3.31. The Kier molecular flexibility index (Phi) is 6.25. The fourth-order valence-electron chi connectivity index (χ4n) is 3.82. The molecule has 4 N–H and O–H groups in total. The molecule has 2 atom stereocenters. The molecule has 0 unspecified atom stereocenters. The maximum atomic E-state index is 13.0. The molecule has 1 saturated carbocycles. The average Bonchev–Trinajstić information content (AvgIpc) is 3.55. The van der Waals surface area contributed by atoms with Crippen molar-refractivity contribution in [2.75, 3.05) is 5.32 Å². The molecule has 4 rings (SSSR count). The van der Waals surface area contributed by atoms with Gasteiger partial charge >= 0.3 is 0 Å². The summed E-state index contributed by atoms with van der Waals surface area (Å²) in [6, 6.07) is 14.4. The molecular formula is C25H28N4O3. The largest absolute Gasteiger partial charge is 0.361 e. The number of anilines is 1. The standard InChI is InChI=1S/C25H28N4O3/c1-15(17-9-11-20(12-10-17)29-24(31)18-7-8-18)27-25(32)23(28-16(2)30)13-19-14-26-22-6-4-3-5-21(19)22/h3-6,9-12,14-15,18,23,26H,7-8,13H2,1-2H3,(H,27,32)(H,28,30)(H,29,31)/t15-,23-/m0/s1. The van der Waals surface area contributed by atoms with Gasteiger partial charge in [-0.15, -0.1) is 0 Å². The van der Waals surface area contributed by atoms with Gasteiger partial charge in [0.2, 0.25) is 17.7 Å². The lowest BCUT2D eigenvalue weighted by Gasteiger charge is -2.21. The van der Waals surface area contributed by atoms with E-state index in [1.54, 1.807) is 0 Å². The number of nitrogens with one attached hydrogen (secondary N) is 4. The molecule has 0 radical (unpaired) electrons. The van der Waals surface area contributed by atoms with Crippen molar-refractivity contribution in [2.45, 2.75) is 45.2 Å². The van der Waals surface area contributed by atoms with Crippen LogP contribution in [-0.4, -0.2) is 28.7 Å². The van der Waals surface area contributed by atoms with Crippen LogP contribution in [0, 0.1) is 5.92 Å². The molecule has 1 fully saturated rings. The summed E-state index contributed by atoms with van der Waals surface area (Å²) in [5, 5.41) is 9.72. The van der Waals surface area contributed by atoms with Gasteiger partial charge in [-0.25, -0.2) is 0 Å². The number of fused-ring (bicyclic) bond motifs is 1. The van der Waals surface area contributed by atoms with Gasteiger partial charge in [-0.2, -0.15) is 0 Å². The zero-order chi connectivity index (χ0) is 22.7. The number of para-hydroxylation sites is 1. The molecule has 2 aromatic carbocycles. The van der Waals surface area contributed by atoms with Crippen molar-refractivity contribution in [3.05, 3.63) is 65.9 Å². The summed E-state index contributed by atoms with van der Waals surface area (Å²) >= 11 is 0. The minimum Gasteiger partial charge on any atom is -0.361 e. The monoisotopic (exact) mass is 432 g/mol. The van der Waals surface area contributed by atoms with Gasteiger partial charge in [0, 0.05) is 42.0 Å². The molecule has 7 nitrogen and oxygen atoms in total. The van der Waals surface area contributed by atoms with Gasteiger partial charge in [0.1, 0.15) is 6.04 Å². The Morgan fingerprint density at radius 3 is 2.44 bits per heavy atom. The number of hydrogen-bond donors (Lipinski definition) is 4. The van der Waals surface area contributed by atoms with E-state index in [1.165, 1.54) is 6.92 Å². The highest BCUT2D eigenvalue weighted by Crippen LogP contribution is 2.30. The van der Waals surface area contributed by atoms with Gasteiger partial charge in [-0.05, 0) is 49.1 Å². The zero-order valence-corrected chi connectivity index (χ0v) is 18.3. The Hall–Kier alpha value is -3.61. The van der Waals surface area contributed by atoms with E-state index in [4.69, 9.17) is 0 Å². The topological polar surface area (TPSA) is 103 Å². The Morgan fingerprint density at radius 2 is 1.75 bits per heavy atom. The molecule has 1 aromatic heterocycles. The van der Waals surface area contributed by atoms with Gasteiger partial charge in [0.05, 0.1) is 6.04 Å². The van der Waals surface area contributed by atoms with Gasteiger partial charge in [-0.1, -0.05) is 30.3 Å². The minimum absolute atomic E-state index is 0.0644. The van der Waals surface area contributed by atoms with Crippen LogP contribution in [0.3, 0.4) is 0 Å². The van der Waals surface area contributed by atoms with E-state index in [9.17, 15) is 14.4 Å². The fourth-order valence-corrected chi connectivity index (χ4v) is 3.82. The highest BCUT2D eigenvalue weighted by molar-refractivity contribution is 5.94. The first kappa shape index (κ1) is 21.6. The molecule has 3 aromatic rings. The number of amides is 3. The number of carbonyl (C=O) groups is 3. The average molecular weight is 433 g/mol. The summed E-state index contributed by atoms with van der Waals surface area (Å²) in [4.78, 5) is 39.9. The lowest BCUT2D eigenvalue weighted by atomic mass is 10.0. The predicted octanol–water partition coefficient (Wildman–Crippen LogP) is 3.44. The van der Waals surface area contributed by atoms with Crippen molar-refractivity contribution in [3.8, 4) is 0 Å². The number of aromatic nitrogens is 1. The molecule has 1 aliphatic carbocycles. The van der Waals surface area contributed by atoms with Gasteiger partial charge in [0.25, 0.3) is 0 Å². The molecule has 32 heavy (non-hydrogen) atoms. The first-order valence-electron chi connectivity index (χ1n) is 10.9. The number of carbonyl (C=O) groups excluding carboxylic acids is 3. The van der Waals surface area contributed by atoms with Crippen LogP contribution in [0.1, 0.15) is 43.9 Å². The minimum atomic E-state index is -0.689. The van der Waals surface area contributed by atoms with E-state index in [0.717, 1.165) is 40.6 Å². The van der Waals surface area contributed by atoms with Crippen LogP contribution in [0.15, 0.2) is 54.7 Å². The van der Waals surface area contributed by atoms with Crippen LogP contribution in [0.4, 0.5) is 5.69 Å². The lowest BCUT2D eigenvalue weighted by Crippen LogP contribution is -2.47. The zero-order valence-electron chi connectivity index (χ0n) is 18.3. The van der Waals surface area contributed by atoms with E-state index in [1.807, 2.05) is 61.7 Å². The molecule has 0 bridgehead atoms. The van der Waals surface area contributed by atoms with Gasteiger partial charge < -0.3 is 20.9 Å². The van der Waals surface area contributed by atoms with E-state index >= 15 is 0 Å². The Balaban J connectivity index is 1.41. The van der Waals surface area contributed by atoms with Crippen LogP contribution in [0.5, 0.6) is 0 Å². The maximum Gasteiger partial charge on any atom is 0.243 e. The first-order chi connectivity index (χ1) is 15.4. The predicted molar refractivity (Wildman–Crippen MR) is 124 cm³/mol. The smallest absolute Gasteiger partial charge is 0.243 e. The maximum absolute atomic E-state index is 13.0. The molecular weight excluding hydrogens is 404 g/mol. The van der Waals surface area contributed by atoms with Crippen molar-refractivity contribution < 1.29 is 14.4 Å². The van der Waals surface area contributed by atoms with Crippen LogP contribution >= 0.6 is 0 Å². The number of H-pyrrole nitrogens is 1. The first-order valence-corrected chi connectivity index (χ1v) is 10.9. The second kappa shape index (κ2) is 9.26. The van der Waals surface area contributed by atoms with Crippen LogP contribution < -0.4 is 16.0 Å². The Bertz CT molecular complexity index is 1130. The molecule has 0 spiro atoms. The molecule has 1 aliphatic rings. The normalized spacial score (nSPS) is 15.1. The van der Waals surface area contributed by atoms with E-state index in [0.29, 0.717) is 6.42 Å². The Morgan fingerprint density at radius 1 is 1.03 bits per heavy atom. The quantitative estimate of drug-likeness (QED) is 0.438. The summed E-state index contributed by atoms with van der Waals surface area (Å²) in [5.41, 5.74) is 3.63. The highest BCUT2D eigenvalue weighted by atomic mass is 16.2.